The van der Waals surface area contributed by atoms with Crippen molar-refractivity contribution in [1.29, 1.82) is 0 Å². The minimum atomic E-state index is -0.664. The highest BCUT2D eigenvalue weighted by molar-refractivity contribution is 7.17. The molecule has 34 heavy (non-hydrogen) atoms. The van der Waals surface area contributed by atoms with E-state index in [9.17, 15) is 14.4 Å². The zero-order valence-corrected chi connectivity index (χ0v) is 20.5. The Balaban J connectivity index is 1.59. The first-order chi connectivity index (χ1) is 16.4. The summed E-state index contributed by atoms with van der Waals surface area (Å²) in [5.74, 6) is -1.36. The Kier molecular flexibility index (Phi) is 6.43. The van der Waals surface area contributed by atoms with Gasteiger partial charge in [0.15, 0.2) is 5.78 Å². The number of primary amides is 1. The van der Waals surface area contributed by atoms with Gasteiger partial charge >= 0.3 is 0 Å². The van der Waals surface area contributed by atoms with E-state index < -0.39 is 29.3 Å². The van der Waals surface area contributed by atoms with Gasteiger partial charge in [0.1, 0.15) is 18.8 Å². The largest absolute Gasteiger partial charge is 0.366 e. The third-order valence-corrected chi connectivity index (χ3v) is 8.89. The van der Waals surface area contributed by atoms with Gasteiger partial charge in [0.2, 0.25) is 5.91 Å². The number of aromatic nitrogens is 2. The molecule has 2 N–H and O–H groups in total. The van der Waals surface area contributed by atoms with Crippen LogP contribution in [0.4, 0.5) is 0 Å². The summed E-state index contributed by atoms with van der Waals surface area (Å²) in [5.41, 5.74) is 8.23. The molecular formula is C24H27ClN4O4S. The second-order valence-electron chi connectivity index (χ2n) is 9.41. The molecular weight excluding hydrogens is 476 g/mol. The monoisotopic (exact) mass is 502 g/mol. The van der Waals surface area contributed by atoms with Gasteiger partial charge in [0.05, 0.1) is 28.6 Å². The molecule has 1 saturated carbocycles. The van der Waals surface area contributed by atoms with Gasteiger partial charge in [-0.15, -0.1) is 22.9 Å². The van der Waals surface area contributed by atoms with Crippen LogP contribution in [0.15, 0.2) is 18.5 Å². The number of halogens is 1. The highest BCUT2D eigenvalue weighted by Crippen LogP contribution is 2.45. The topological polar surface area (TPSA) is 115 Å². The van der Waals surface area contributed by atoms with Crippen LogP contribution in [-0.2, 0) is 14.3 Å². The molecule has 0 aromatic carbocycles. The van der Waals surface area contributed by atoms with Crippen molar-refractivity contribution in [1.82, 2.24) is 15.1 Å². The normalized spacial score (nSPS) is 26.0. The molecule has 0 unspecified atom stereocenters. The summed E-state index contributed by atoms with van der Waals surface area (Å²) in [5, 5.41) is 7.47. The second-order valence-corrected chi connectivity index (χ2v) is 11.0. The van der Waals surface area contributed by atoms with Crippen molar-refractivity contribution in [2.24, 2.45) is 11.7 Å². The minimum Gasteiger partial charge on any atom is -0.366 e. The van der Waals surface area contributed by atoms with Crippen molar-refractivity contribution in [3.63, 3.8) is 0 Å². The maximum Gasteiger partial charge on any atom is 0.259 e. The molecule has 180 valence electrons. The molecule has 2 saturated heterocycles. The van der Waals surface area contributed by atoms with Crippen LogP contribution >= 0.6 is 22.9 Å². The number of carbonyl (C=O) groups is 3. The van der Waals surface area contributed by atoms with Gasteiger partial charge in [-0.2, -0.15) is 10.2 Å². The fourth-order valence-electron chi connectivity index (χ4n) is 5.66. The van der Waals surface area contributed by atoms with Crippen LogP contribution < -0.4 is 5.73 Å². The maximum absolute atomic E-state index is 14.2. The number of nitrogens with two attached hydrogens (primary N) is 1. The van der Waals surface area contributed by atoms with E-state index in [2.05, 4.69) is 10.2 Å². The maximum atomic E-state index is 14.2. The van der Waals surface area contributed by atoms with Gasteiger partial charge < -0.3 is 15.4 Å². The van der Waals surface area contributed by atoms with E-state index in [1.54, 1.807) is 17.3 Å². The Bertz CT molecular complexity index is 1130. The van der Waals surface area contributed by atoms with Crippen LogP contribution in [0.3, 0.4) is 0 Å². The Morgan fingerprint density at radius 2 is 1.97 bits per heavy atom. The number of nitrogens with zero attached hydrogens (tertiary/aromatic N) is 3. The molecule has 3 fully saturated rings. The highest BCUT2D eigenvalue weighted by atomic mass is 35.5. The molecule has 10 heteroatoms. The number of ether oxygens (including phenoxy) is 1. The zero-order chi connectivity index (χ0) is 24.0. The third kappa shape index (κ3) is 4.03. The first-order valence-electron chi connectivity index (χ1n) is 11.7. The van der Waals surface area contributed by atoms with E-state index in [1.165, 1.54) is 11.3 Å². The Morgan fingerprint density at radius 1 is 1.24 bits per heavy atom. The Morgan fingerprint density at radius 3 is 2.68 bits per heavy atom. The van der Waals surface area contributed by atoms with Crippen molar-refractivity contribution in [3.8, 4) is 10.4 Å². The molecule has 3 aliphatic rings. The van der Waals surface area contributed by atoms with Crippen LogP contribution in [0.5, 0.6) is 0 Å². The molecule has 8 nitrogen and oxygen atoms in total. The van der Waals surface area contributed by atoms with Crippen molar-refractivity contribution >= 4 is 40.5 Å². The van der Waals surface area contributed by atoms with Gasteiger partial charge in [-0.05, 0) is 42.9 Å². The second kappa shape index (κ2) is 9.36. The van der Waals surface area contributed by atoms with Gasteiger partial charge in [-0.3, -0.25) is 14.4 Å². The molecule has 2 aliphatic heterocycles. The molecule has 1 aliphatic carbocycles. The van der Waals surface area contributed by atoms with Crippen LogP contribution in [0.2, 0.25) is 0 Å². The van der Waals surface area contributed by atoms with Gasteiger partial charge in [0, 0.05) is 17.0 Å². The summed E-state index contributed by atoms with van der Waals surface area (Å²) < 4.78 is 5.59. The SMILES string of the molecule is Cc1cnncc1-c1cc([C@@H](C(=O)N2C[C@H](Cl)[C@H]3OCC(=O)[C@H]32)C2CCCCC2)c(C(N)=O)s1. The van der Waals surface area contributed by atoms with Gasteiger partial charge in [0.25, 0.3) is 5.91 Å². The summed E-state index contributed by atoms with van der Waals surface area (Å²) >= 11 is 7.76. The number of hydrogen-bond donors (Lipinski definition) is 1. The number of carbonyl (C=O) groups excluding carboxylic acids is 3. The third-order valence-electron chi connectivity index (χ3n) is 7.31. The number of hydrogen-bond acceptors (Lipinski definition) is 7. The number of rotatable bonds is 5. The van der Waals surface area contributed by atoms with Crippen molar-refractivity contribution in [2.75, 3.05) is 13.2 Å². The predicted octanol–water partition coefficient (Wildman–Crippen LogP) is 3.06. The standard InChI is InChI=1S/C24H27ClN4O4S/c1-12-8-27-28-9-15(12)18-7-14(22(34-18)23(26)31)19(13-5-3-2-4-6-13)24(32)29-10-16(25)21-20(29)17(30)11-33-21/h7-9,13,16,19-21H,2-6,10-11H2,1H3,(H2,26,31)/t16-,19-,20+,21+/m0/s1. The lowest BCUT2D eigenvalue weighted by molar-refractivity contribution is -0.139. The number of ketones is 1. The smallest absolute Gasteiger partial charge is 0.259 e. The lowest BCUT2D eigenvalue weighted by Crippen LogP contribution is -2.46. The average Bonchev–Trinajstić information content (AvgIpc) is 3.51. The molecule has 0 bridgehead atoms. The molecule has 5 rings (SSSR count). The van der Waals surface area contributed by atoms with Crippen LogP contribution in [0, 0.1) is 12.8 Å². The Hall–Kier alpha value is -2.36. The predicted molar refractivity (Wildman–Crippen MR) is 128 cm³/mol. The van der Waals surface area contributed by atoms with Crippen LogP contribution in [-0.4, -0.2) is 63.4 Å². The van der Waals surface area contributed by atoms with Crippen LogP contribution in [0.25, 0.3) is 10.4 Å². The van der Waals surface area contributed by atoms with Crippen molar-refractivity contribution in [3.05, 3.63) is 34.5 Å². The first kappa shape index (κ1) is 23.4. The quantitative estimate of drug-likeness (QED) is 0.628. The van der Waals surface area contributed by atoms with Gasteiger partial charge in [-0.1, -0.05) is 19.3 Å². The van der Waals surface area contributed by atoms with Crippen molar-refractivity contribution < 1.29 is 19.1 Å². The summed E-state index contributed by atoms with van der Waals surface area (Å²) in [4.78, 5) is 42.1. The number of likely N-dealkylation sites (tertiary alicyclic amines) is 1. The molecule has 2 amide bonds. The molecule has 4 atom stereocenters. The molecule has 2 aromatic heterocycles. The number of amides is 2. The van der Waals surface area contributed by atoms with E-state index in [0.717, 1.165) is 48.1 Å². The van der Waals surface area contributed by atoms with E-state index in [4.69, 9.17) is 22.1 Å². The molecule has 0 spiro atoms. The summed E-state index contributed by atoms with van der Waals surface area (Å²) in [7, 11) is 0. The zero-order valence-electron chi connectivity index (χ0n) is 18.9. The average molecular weight is 503 g/mol. The number of Topliss-reactive ketones (excluding diaryl/α,β-unsaturated/α-hetero) is 1. The number of aryl methyl sites for hydroxylation is 1. The lowest BCUT2D eigenvalue weighted by atomic mass is 9.75. The van der Waals surface area contributed by atoms with E-state index >= 15 is 0 Å². The number of alkyl halides is 1. The lowest BCUT2D eigenvalue weighted by Gasteiger charge is -2.34. The van der Waals surface area contributed by atoms with Gasteiger partial charge in [-0.25, -0.2) is 0 Å². The van der Waals surface area contributed by atoms with E-state index in [1.807, 2.05) is 13.0 Å². The first-order valence-corrected chi connectivity index (χ1v) is 12.9. The highest BCUT2D eigenvalue weighted by Gasteiger charge is 2.53. The summed E-state index contributed by atoms with van der Waals surface area (Å²) in [6, 6.07) is 1.24. The molecule has 4 heterocycles. The number of fused-ring (bicyclic) bond motifs is 1. The van der Waals surface area contributed by atoms with E-state index in [-0.39, 0.29) is 30.8 Å². The van der Waals surface area contributed by atoms with Crippen LogP contribution in [0.1, 0.15) is 58.8 Å². The number of thiophene rings is 1. The summed E-state index contributed by atoms with van der Waals surface area (Å²) in [6.07, 6.45) is 7.78. The summed E-state index contributed by atoms with van der Waals surface area (Å²) in [6.45, 7) is 2.15. The fraction of sp³-hybridized carbons (Fsp3) is 0.542. The molecule has 0 radical (unpaired) electrons. The fourth-order valence-corrected chi connectivity index (χ4v) is 7.15. The van der Waals surface area contributed by atoms with Crippen molar-refractivity contribution in [2.45, 2.75) is 62.5 Å². The Labute approximate surface area is 206 Å². The molecule has 2 aromatic rings. The minimum absolute atomic E-state index is 0.0279. The van der Waals surface area contributed by atoms with E-state index in [0.29, 0.717) is 10.4 Å².